The number of aryl methyl sites for hydroxylation is 1. The number of carbonyl (C=O) groups excluding carboxylic acids is 2. The number of methoxy groups -OCH3 is 1. The number of carbonyl (C=O) groups is 2. The maximum Gasteiger partial charge on any atom is 0.287 e. The highest BCUT2D eigenvalue weighted by Crippen LogP contribution is 2.44. The zero-order chi connectivity index (χ0) is 20.4. The summed E-state index contributed by atoms with van der Waals surface area (Å²) in [5, 5.41) is 2.08. The minimum Gasteiger partial charge on any atom is -0.497 e. The van der Waals surface area contributed by atoms with Crippen LogP contribution in [0.25, 0.3) is 0 Å². The van der Waals surface area contributed by atoms with Crippen molar-refractivity contribution in [3.05, 3.63) is 59.1 Å². The van der Waals surface area contributed by atoms with Gasteiger partial charge < -0.3 is 4.74 Å². The number of amides is 2. The third kappa shape index (κ3) is 3.90. The number of thioether (sulfide) groups is 1. The van der Waals surface area contributed by atoms with Gasteiger partial charge in [-0.3, -0.25) is 14.9 Å². The summed E-state index contributed by atoms with van der Waals surface area (Å²) in [4.78, 5) is 24.4. The number of imide groups is 1. The van der Waals surface area contributed by atoms with Gasteiger partial charge in [0, 0.05) is 5.02 Å². The van der Waals surface area contributed by atoms with Gasteiger partial charge in [-0.2, -0.15) is 0 Å². The molecule has 2 aromatic rings. The first-order valence-corrected chi connectivity index (χ1v) is 11.1. The summed E-state index contributed by atoms with van der Waals surface area (Å²) in [5.74, 6) is -0.301. The molecule has 9 heteroatoms. The van der Waals surface area contributed by atoms with E-state index in [-0.39, 0.29) is 11.3 Å². The molecule has 28 heavy (non-hydrogen) atoms. The van der Waals surface area contributed by atoms with Crippen LogP contribution in [0.3, 0.4) is 0 Å². The summed E-state index contributed by atoms with van der Waals surface area (Å²) in [7, 11) is -2.64. The molecule has 1 heterocycles. The standard InChI is InChI=1S/C19H18ClNO5S2/c1-26-15-8-10-16(11-9-15)28(24,25)19(17(22)21-18(23)27-19)12-2-3-13-4-6-14(20)7-5-13/h4-11H,2-3,12H2,1H3,(H,21,22,23). The highest BCUT2D eigenvalue weighted by atomic mass is 35.5. The number of hydrogen-bond acceptors (Lipinski definition) is 6. The van der Waals surface area contributed by atoms with E-state index in [0.717, 1.165) is 5.56 Å². The molecule has 2 amide bonds. The minimum absolute atomic E-state index is 0.00618. The smallest absolute Gasteiger partial charge is 0.287 e. The quantitative estimate of drug-likeness (QED) is 0.705. The Balaban J connectivity index is 1.88. The number of ether oxygens (including phenoxy) is 1. The second kappa shape index (κ2) is 8.14. The van der Waals surface area contributed by atoms with Gasteiger partial charge in [0.1, 0.15) is 5.75 Å². The van der Waals surface area contributed by atoms with E-state index in [2.05, 4.69) is 5.32 Å². The molecule has 1 N–H and O–H groups in total. The van der Waals surface area contributed by atoms with Crippen LogP contribution in [-0.4, -0.2) is 30.8 Å². The SMILES string of the molecule is COc1ccc(S(=O)(=O)C2(CCCc3ccc(Cl)cc3)SC(=O)NC2=O)cc1. The van der Waals surface area contributed by atoms with Gasteiger partial charge in [0.25, 0.3) is 11.1 Å². The van der Waals surface area contributed by atoms with Crippen LogP contribution >= 0.6 is 23.4 Å². The summed E-state index contributed by atoms with van der Waals surface area (Å²) >= 11 is 6.40. The van der Waals surface area contributed by atoms with Crippen LogP contribution in [0.1, 0.15) is 18.4 Å². The Bertz CT molecular complexity index is 990. The lowest BCUT2D eigenvalue weighted by Gasteiger charge is -2.24. The molecule has 0 aliphatic carbocycles. The van der Waals surface area contributed by atoms with E-state index in [1.165, 1.54) is 31.4 Å². The maximum atomic E-state index is 13.3. The summed E-state index contributed by atoms with van der Waals surface area (Å²) in [6.07, 6.45) is 0.968. The Kier molecular flexibility index (Phi) is 6.02. The van der Waals surface area contributed by atoms with Crippen molar-refractivity contribution < 1.29 is 22.7 Å². The van der Waals surface area contributed by atoms with Gasteiger partial charge in [-0.1, -0.05) is 23.7 Å². The second-order valence-corrected chi connectivity index (χ2v) is 10.4. The Labute approximate surface area is 172 Å². The summed E-state index contributed by atoms with van der Waals surface area (Å²) in [5.41, 5.74) is 0.969. The van der Waals surface area contributed by atoms with Gasteiger partial charge in [-0.15, -0.1) is 0 Å². The van der Waals surface area contributed by atoms with Gasteiger partial charge in [-0.25, -0.2) is 8.42 Å². The van der Waals surface area contributed by atoms with Crippen LogP contribution in [0.5, 0.6) is 5.75 Å². The number of sulfone groups is 1. The Morgan fingerprint density at radius 3 is 2.25 bits per heavy atom. The van der Waals surface area contributed by atoms with Crippen molar-refractivity contribution in [2.45, 2.75) is 28.2 Å². The molecule has 148 valence electrons. The number of halogens is 1. The van der Waals surface area contributed by atoms with Gasteiger partial charge in [-0.05, 0) is 73.0 Å². The lowest BCUT2D eigenvalue weighted by Crippen LogP contribution is -2.43. The molecule has 0 spiro atoms. The van der Waals surface area contributed by atoms with E-state index < -0.39 is 25.1 Å². The molecule has 0 saturated carbocycles. The van der Waals surface area contributed by atoms with E-state index in [1.54, 1.807) is 12.1 Å². The van der Waals surface area contributed by atoms with Crippen molar-refractivity contribution in [3.63, 3.8) is 0 Å². The summed E-state index contributed by atoms with van der Waals surface area (Å²) in [6.45, 7) is 0. The van der Waals surface area contributed by atoms with Crippen LogP contribution < -0.4 is 10.1 Å². The first-order valence-electron chi connectivity index (χ1n) is 8.46. The predicted octanol–water partition coefficient (Wildman–Crippen LogP) is 3.82. The fraction of sp³-hybridized carbons (Fsp3) is 0.263. The summed E-state index contributed by atoms with van der Waals surface area (Å²) < 4.78 is 29.8. The fourth-order valence-corrected chi connectivity index (χ4v) is 6.50. The highest BCUT2D eigenvalue weighted by Gasteiger charge is 2.57. The topological polar surface area (TPSA) is 89.5 Å². The molecular formula is C19H18ClNO5S2. The van der Waals surface area contributed by atoms with Crippen LogP contribution in [0.15, 0.2) is 53.4 Å². The van der Waals surface area contributed by atoms with Crippen molar-refractivity contribution in [2.24, 2.45) is 0 Å². The average Bonchev–Trinajstić information content (AvgIpc) is 2.98. The van der Waals surface area contributed by atoms with Crippen molar-refractivity contribution in [3.8, 4) is 5.75 Å². The monoisotopic (exact) mass is 439 g/mol. The number of nitrogens with one attached hydrogen (secondary N) is 1. The van der Waals surface area contributed by atoms with Crippen LogP contribution in [0, 0.1) is 0 Å². The molecule has 0 radical (unpaired) electrons. The molecule has 6 nitrogen and oxygen atoms in total. The van der Waals surface area contributed by atoms with Gasteiger partial charge in [0.2, 0.25) is 13.9 Å². The Hall–Kier alpha value is -2.03. The zero-order valence-electron chi connectivity index (χ0n) is 15.0. The van der Waals surface area contributed by atoms with Crippen LogP contribution in [-0.2, 0) is 21.1 Å². The largest absolute Gasteiger partial charge is 0.497 e. The molecule has 1 unspecified atom stereocenters. The summed E-state index contributed by atoms with van der Waals surface area (Å²) in [6, 6.07) is 13.0. The molecule has 1 fully saturated rings. The molecule has 2 aromatic carbocycles. The van der Waals surface area contributed by atoms with Crippen molar-refractivity contribution in [2.75, 3.05) is 7.11 Å². The molecule has 0 aromatic heterocycles. The molecule has 1 saturated heterocycles. The average molecular weight is 440 g/mol. The maximum absolute atomic E-state index is 13.3. The molecule has 3 rings (SSSR count). The minimum atomic E-state index is -4.12. The van der Waals surface area contributed by atoms with E-state index in [4.69, 9.17) is 16.3 Å². The molecule has 0 bridgehead atoms. The third-order valence-electron chi connectivity index (χ3n) is 4.51. The van der Waals surface area contributed by atoms with E-state index >= 15 is 0 Å². The van der Waals surface area contributed by atoms with Gasteiger partial charge in [0.05, 0.1) is 12.0 Å². The van der Waals surface area contributed by atoms with E-state index in [9.17, 15) is 18.0 Å². The molecule has 1 atom stereocenters. The molecule has 1 aliphatic rings. The third-order valence-corrected chi connectivity index (χ3v) is 8.82. The highest BCUT2D eigenvalue weighted by molar-refractivity contribution is 8.25. The number of rotatable bonds is 7. The van der Waals surface area contributed by atoms with E-state index in [1.807, 2.05) is 12.1 Å². The second-order valence-electron chi connectivity index (χ2n) is 6.26. The predicted molar refractivity (Wildman–Crippen MR) is 108 cm³/mol. The normalized spacial score (nSPS) is 19.5. The van der Waals surface area contributed by atoms with Gasteiger partial charge >= 0.3 is 0 Å². The Morgan fingerprint density at radius 2 is 1.71 bits per heavy atom. The fourth-order valence-electron chi connectivity index (χ4n) is 3.01. The van der Waals surface area contributed by atoms with E-state index in [0.29, 0.717) is 35.4 Å². The lowest BCUT2D eigenvalue weighted by molar-refractivity contribution is -0.120. The molecule has 1 aliphatic heterocycles. The van der Waals surface area contributed by atoms with Crippen LogP contribution in [0.2, 0.25) is 5.02 Å². The first kappa shape index (κ1) is 20.7. The number of benzene rings is 2. The van der Waals surface area contributed by atoms with Crippen LogP contribution in [0.4, 0.5) is 4.79 Å². The Morgan fingerprint density at radius 1 is 1.07 bits per heavy atom. The zero-order valence-corrected chi connectivity index (χ0v) is 17.4. The first-order chi connectivity index (χ1) is 13.3. The van der Waals surface area contributed by atoms with Gasteiger partial charge in [0.15, 0.2) is 0 Å². The number of hydrogen-bond donors (Lipinski definition) is 1. The van der Waals surface area contributed by atoms with Crippen molar-refractivity contribution in [1.29, 1.82) is 0 Å². The molecular weight excluding hydrogens is 422 g/mol. The lowest BCUT2D eigenvalue weighted by atomic mass is 10.1. The van der Waals surface area contributed by atoms with Crippen molar-refractivity contribution >= 4 is 44.3 Å². The van der Waals surface area contributed by atoms with Crippen molar-refractivity contribution in [1.82, 2.24) is 5.32 Å².